The van der Waals surface area contributed by atoms with Crippen molar-refractivity contribution in [1.82, 2.24) is 0 Å². The maximum Gasteiger partial charge on any atom is 0.129 e. The highest BCUT2D eigenvalue weighted by Gasteiger charge is 2.21. The second-order valence-corrected chi connectivity index (χ2v) is 23.1. The number of allylic oxidation sites excluding steroid dienone is 1. The van der Waals surface area contributed by atoms with Crippen LogP contribution in [-0.4, -0.2) is 24.2 Å². The van der Waals surface area contributed by atoms with E-state index in [0.717, 1.165) is 0 Å². The van der Waals surface area contributed by atoms with Gasteiger partial charge >= 0.3 is 0 Å². The van der Waals surface area contributed by atoms with Crippen molar-refractivity contribution in [3.05, 3.63) is 16.1 Å². The van der Waals surface area contributed by atoms with E-state index in [1.54, 1.807) is 0 Å². The summed E-state index contributed by atoms with van der Waals surface area (Å²) in [6.45, 7) is 23.4. The molecule has 0 aliphatic carbocycles. The molecule has 0 unspecified atom stereocenters. The third-order valence-corrected chi connectivity index (χ3v) is 7.75. The van der Waals surface area contributed by atoms with Gasteiger partial charge in [-0.05, 0) is 12.1 Å². The van der Waals surface area contributed by atoms with E-state index in [1.165, 1.54) is 10.4 Å². The minimum absolute atomic E-state index is 1.23. The molecular weight excluding hydrogens is 264 g/mol. The van der Waals surface area contributed by atoms with E-state index in [9.17, 15) is 0 Å². The van der Waals surface area contributed by atoms with Gasteiger partial charge in [-0.1, -0.05) is 64.8 Å². The first kappa shape index (κ1) is 17.7. The van der Waals surface area contributed by atoms with Crippen molar-refractivity contribution >= 4 is 24.2 Å². The van der Waals surface area contributed by atoms with E-state index in [-0.39, 0.29) is 0 Å². The second kappa shape index (κ2) is 5.79. The molecule has 0 fully saturated rings. The lowest BCUT2D eigenvalue weighted by molar-refractivity contribution is 1.53. The highest BCUT2D eigenvalue weighted by Crippen LogP contribution is 2.17. The summed E-state index contributed by atoms with van der Waals surface area (Å²) in [5.41, 5.74) is 7.19. The summed E-state index contributed by atoms with van der Waals surface area (Å²) < 4.78 is 0. The first-order valence-electron chi connectivity index (χ1n) is 6.75. The monoisotopic (exact) mass is 294 g/mol. The molecule has 0 rings (SSSR count). The largest absolute Gasteiger partial charge is 0.129 e. The van der Waals surface area contributed by atoms with Crippen LogP contribution in [-0.2, 0) is 0 Å². The molecule has 0 atom stereocenters. The molecule has 0 heterocycles. The SMILES string of the molecule is CC(=C=C(C#C[Si](C)(C)C)[Si](C)(C)C)[Si](C)(C)C. The Hall–Kier alpha value is -0.269. The van der Waals surface area contributed by atoms with E-state index in [1.807, 2.05) is 0 Å². The molecule has 0 aromatic rings. The van der Waals surface area contributed by atoms with Gasteiger partial charge in [0.05, 0.1) is 16.1 Å². The van der Waals surface area contributed by atoms with Crippen LogP contribution in [0.15, 0.2) is 16.1 Å². The molecule has 0 saturated heterocycles. The molecule has 0 N–H and O–H groups in total. The molecule has 0 saturated carbocycles. The Kier molecular flexibility index (Phi) is 5.71. The Balaban J connectivity index is 5.83. The van der Waals surface area contributed by atoms with Gasteiger partial charge in [-0.15, -0.1) is 11.3 Å². The van der Waals surface area contributed by atoms with Crippen LogP contribution >= 0.6 is 0 Å². The fourth-order valence-electron chi connectivity index (χ4n) is 1.03. The van der Waals surface area contributed by atoms with Gasteiger partial charge in [0.1, 0.15) is 8.07 Å². The molecular formula is C15H30Si3. The highest BCUT2D eigenvalue weighted by atomic mass is 28.3. The Bertz CT molecular complexity index is 420. The van der Waals surface area contributed by atoms with Gasteiger partial charge < -0.3 is 0 Å². The average molecular weight is 295 g/mol. The van der Waals surface area contributed by atoms with E-state index in [2.05, 4.69) is 83.0 Å². The van der Waals surface area contributed by atoms with Gasteiger partial charge in [-0.3, -0.25) is 0 Å². The molecule has 3 heteroatoms. The van der Waals surface area contributed by atoms with Crippen LogP contribution in [0.4, 0.5) is 0 Å². The predicted molar refractivity (Wildman–Crippen MR) is 94.0 cm³/mol. The molecule has 0 aliphatic rings. The molecule has 102 valence electrons. The van der Waals surface area contributed by atoms with Crippen molar-refractivity contribution in [2.75, 3.05) is 0 Å². The molecule has 0 aromatic heterocycles. The summed E-state index contributed by atoms with van der Waals surface area (Å²) in [4.78, 5) is 0. The van der Waals surface area contributed by atoms with Gasteiger partial charge in [-0.25, -0.2) is 0 Å². The molecule has 0 spiro atoms. The second-order valence-electron chi connectivity index (χ2n) is 8.12. The van der Waals surface area contributed by atoms with Crippen LogP contribution < -0.4 is 0 Å². The first-order chi connectivity index (χ1) is 7.73. The van der Waals surface area contributed by atoms with Crippen LogP contribution in [0.1, 0.15) is 6.92 Å². The normalized spacial score (nSPS) is 12.3. The lowest BCUT2D eigenvalue weighted by atomic mass is 10.5. The number of rotatable bonds is 2. The van der Waals surface area contributed by atoms with E-state index >= 15 is 0 Å². The molecule has 0 radical (unpaired) electrons. The van der Waals surface area contributed by atoms with Gasteiger partial charge in [-0.2, -0.15) is 0 Å². The van der Waals surface area contributed by atoms with E-state index in [0.29, 0.717) is 0 Å². The summed E-state index contributed by atoms with van der Waals surface area (Å²) in [6.07, 6.45) is 0. The summed E-state index contributed by atoms with van der Waals surface area (Å²) in [6, 6.07) is 0. The summed E-state index contributed by atoms with van der Waals surface area (Å²) in [5.74, 6) is 3.48. The van der Waals surface area contributed by atoms with E-state index < -0.39 is 24.2 Å². The van der Waals surface area contributed by atoms with Crippen molar-refractivity contribution in [2.24, 2.45) is 0 Å². The summed E-state index contributed by atoms with van der Waals surface area (Å²) >= 11 is 0. The maximum atomic E-state index is 3.67. The van der Waals surface area contributed by atoms with Gasteiger partial charge in [0.2, 0.25) is 0 Å². The lowest BCUT2D eigenvalue weighted by Gasteiger charge is -2.18. The van der Waals surface area contributed by atoms with Crippen molar-refractivity contribution in [2.45, 2.75) is 65.8 Å². The highest BCUT2D eigenvalue weighted by molar-refractivity contribution is 6.86. The van der Waals surface area contributed by atoms with Gasteiger partial charge in [0, 0.05) is 5.20 Å². The Morgan fingerprint density at radius 2 is 1.17 bits per heavy atom. The van der Waals surface area contributed by atoms with Gasteiger partial charge in [0.25, 0.3) is 0 Å². The van der Waals surface area contributed by atoms with Gasteiger partial charge in [0.15, 0.2) is 0 Å². The average Bonchev–Trinajstić information content (AvgIpc) is 2.06. The van der Waals surface area contributed by atoms with Crippen LogP contribution in [0.5, 0.6) is 0 Å². The zero-order chi connectivity index (χ0) is 14.8. The molecule has 0 bridgehead atoms. The zero-order valence-electron chi connectivity index (χ0n) is 14.0. The third kappa shape index (κ3) is 7.23. The zero-order valence-corrected chi connectivity index (χ0v) is 17.0. The van der Waals surface area contributed by atoms with E-state index in [4.69, 9.17) is 0 Å². The Morgan fingerprint density at radius 3 is 1.44 bits per heavy atom. The Labute approximate surface area is 118 Å². The van der Waals surface area contributed by atoms with Crippen molar-refractivity contribution in [3.8, 4) is 11.5 Å². The molecule has 0 aromatic carbocycles. The fraction of sp³-hybridized carbons (Fsp3) is 0.667. The maximum absolute atomic E-state index is 3.67. The Morgan fingerprint density at radius 1 is 0.722 bits per heavy atom. The third-order valence-electron chi connectivity index (χ3n) is 2.75. The minimum Gasteiger partial charge on any atom is -0.127 e. The number of hydrogen-bond acceptors (Lipinski definition) is 0. The summed E-state index contributed by atoms with van der Waals surface area (Å²) in [7, 11) is -3.89. The van der Waals surface area contributed by atoms with Crippen LogP contribution in [0.25, 0.3) is 0 Å². The molecule has 18 heavy (non-hydrogen) atoms. The van der Waals surface area contributed by atoms with Crippen molar-refractivity contribution in [3.63, 3.8) is 0 Å². The summed E-state index contributed by atoms with van der Waals surface area (Å²) in [5, 5.41) is 2.76. The fourth-order valence-corrected chi connectivity index (χ4v) is 3.28. The molecule has 0 amide bonds. The van der Waals surface area contributed by atoms with Crippen molar-refractivity contribution in [1.29, 1.82) is 0 Å². The van der Waals surface area contributed by atoms with Crippen molar-refractivity contribution < 1.29 is 0 Å². The van der Waals surface area contributed by atoms with Crippen LogP contribution in [0.2, 0.25) is 58.9 Å². The lowest BCUT2D eigenvalue weighted by Crippen LogP contribution is -2.26. The quantitative estimate of drug-likeness (QED) is 0.378. The first-order valence-corrected chi connectivity index (χ1v) is 17.2. The predicted octanol–water partition coefficient (Wildman–Crippen LogP) is 5.09. The topological polar surface area (TPSA) is 0 Å². The van der Waals surface area contributed by atoms with Crippen LogP contribution in [0.3, 0.4) is 0 Å². The minimum atomic E-state index is -1.37. The number of hydrogen-bond donors (Lipinski definition) is 0. The molecule has 0 aliphatic heterocycles. The molecule has 0 nitrogen and oxygen atoms in total. The van der Waals surface area contributed by atoms with Crippen LogP contribution in [0, 0.1) is 11.5 Å². The standard InChI is InChI=1S/C15H30Si3/c1-14(17(5,6)7)13-15(18(8,9)10)11-12-16(2,3)4/h1-10H3. The smallest absolute Gasteiger partial charge is 0.127 e.